The third-order valence-electron chi connectivity index (χ3n) is 3.23. The van der Waals surface area contributed by atoms with Gasteiger partial charge in [0.15, 0.2) is 0 Å². The Bertz CT molecular complexity index is 375. The van der Waals surface area contributed by atoms with Crippen molar-refractivity contribution in [3.63, 3.8) is 0 Å². The van der Waals surface area contributed by atoms with Gasteiger partial charge in [-0.2, -0.15) is 11.8 Å². The summed E-state index contributed by atoms with van der Waals surface area (Å²) in [4.78, 5) is 9.24. The molecular weight excluding hydrogens is 230 g/mol. The monoisotopic (exact) mass is 251 g/mol. The molecule has 0 aliphatic carbocycles. The lowest BCUT2D eigenvalue weighted by Crippen LogP contribution is -2.19. The number of hydrogen-bond acceptors (Lipinski definition) is 4. The number of aromatic nitrogens is 2. The van der Waals surface area contributed by atoms with Crippen LogP contribution in [0.5, 0.6) is 0 Å². The standard InChI is InChI=1S/C13H21N3S/c1-4-14-9(2)11-8-15-13(16-10(11)3)12-6-5-7-17-12/h8-9,12,14H,4-7H2,1-3H3. The molecule has 94 valence electrons. The smallest absolute Gasteiger partial charge is 0.141 e. The summed E-state index contributed by atoms with van der Waals surface area (Å²) in [7, 11) is 0. The Balaban J connectivity index is 2.16. The van der Waals surface area contributed by atoms with Crippen LogP contribution in [-0.2, 0) is 0 Å². The van der Waals surface area contributed by atoms with Gasteiger partial charge in [0.05, 0.1) is 5.25 Å². The van der Waals surface area contributed by atoms with Crippen LogP contribution < -0.4 is 5.32 Å². The van der Waals surface area contributed by atoms with E-state index in [-0.39, 0.29) is 0 Å². The highest BCUT2D eigenvalue weighted by molar-refractivity contribution is 7.99. The largest absolute Gasteiger partial charge is 0.310 e. The Morgan fingerprint density at radius 2 is 2.41 bits per heavy atom. The Kier molecular flexibility index (Phi) is 4.40. The van der Waals surface area contributed by atoms with Crippen molar-refractivity contribution < 1.29 is 0 Å². The topological polar surface area (TPSA) is 37.8 Å². The molecule has 0 aromatic carbocycles. The summed E-state index contributed by atoms with van der Waals surface area (Å²) >= 11 is 1.99. The maximum absolute atomic E-state index is 4.69. The maximum atomic E-state index is 4.69. The number of thioether (sulfide) groups is 1. The first-order chi connectivity index (χ1) is 8.22. The zero-order valence-electron chi connectivity index (χ0n) is 10.9. The highest BCUT2D eigenvalue weighted by atomic mass is 32.2. The molecule has 1 saturated heterocycles. The minimum atomic E-state index is 0.338. The lowest BCUT2D eigenvalue weighted by Gasteiger charge is -2.16. The first-order valence-electron chi connectivity index (χ1n) is 6.40. The van der Waals surface area contributed by atoms with Crippen LogP contribution in [0.2, 0.25) is 0 Å². The summed E-state index contributed by atoms with van der Waals surface area (Å²) in [6, 6.07) is 0.338. The average Bonchev–Trinajstić information content (AvgIpc) is 2.82. The van der Waals surface area contributed by atoms with E-state index >= 15 is 0 Å². The SMILES string of the molecule is CCNC(C)c1cnc(C2CCCS2)nc1C. The van der Waals surface area contributed by atoms with Crippen molar-refractivity contribution in [3.05, 3.63) is 23.3 Å². The van der Waals surface area contributed by atoms with E-state index in [1.807, 2.05) is 18.0 Å². The fourth-order valence-corrected chi connectivity index (χ4v) is 3.49. The number of hydrogen-bond donors (Lipinski definition) is 1. The molecule has 1 aliphatic rings. The first-order valence-corrected chi connectivity index (χ1v) is 7.45. The second kappa shape index (κ2) is 5.83. The van der Waals surface area contributed by atoms with Gasteiger partial charge in [0.2, 0.25) is 0 Å². The average molecular weight is 251 g/mol. The van der Waals surface area contributed by atoms with Crippen LogP contribution in [0.25, 0.3) is 0 Å². The van der Waals surface area contributed by atoms with Gasteiger partial charge in [0.1, 0.15) is 5.82 Å². The Hall–Kier alpha value is -0.610. The highest BCUT2D eigenvalue weighted by Gasteiger charge is 2.21. The lowest BCUT2D eigenvalue weighted by molar-refractivity contribution is 0.587. The van der Waals surface area contributed by atoms with Crippen LogP contribution >= 0.6 is 11.8 Å². The molecule has 0 radical (unpaired) electrons. The Labute approximate surface area is 108 Å². The van der Waals surface area contributed by atoms with Gasteiger partial charge in [-0.15, -0.1) is 0 Å². The molecule has 2 atom stereocenters. The molecule has 1 fully saturated rings. The van der Waals surface area contributed by atoms with Gasteiger partial charge < -0.3 is 5.32 Å². The van der Waals surface area contributed by atoms with Crippen molar-refractivity contribution in [2.24, 2.45) is 0 Å². The number of nitrogens with one attached hydrogen (secondary N) is 1. The molecule has 0 bridgehead atoms. The van der Waals surface area contributed by atoms with Gasteiger partial charge in [-0.1, -0.05) is 6.92 Å². The molecule has 17 heavy (non-hydrogen) atoms. The van der Waals surface area contributed by atoms with Crippen molar-refractivity contribution in [2.45, 2.75) is 44.9 Å². The van der Waals surface area contributed by atoms with Gasteiger partial charge >= 0.3 is 0 Å². The summed E-state index contributed by atoms with van der Waals surface area (Å²) < 4.78 is 0. The Morgan fingerprint density at radius 1 is 1.59 bits per heavy atom. The van der Waals surface area contributed by atoms with Crippen LogP contribution in [-0.4, -0.2) is 22.3 Å². The van der Waals surface area contributed by atoms with Gasteiger partial charge in [0, 0.05) is 23.5 Å². The van der Waals surface area contributed by atoms with Crippen LogP contribution in [0.3, 0.4) is 0 Å². The first kappa shape index (κ1) is 12.8. The third kappa shape index (κ3) is 2.99. The van der Waals surface area contributed by atoms with E-state index in [2.05, 4.69) is 36.1 Å². The van der Waals surface area contributed by atoms with E-state index in [1.165, 1.54) is 24.2 Å². The molecule has 2 heterocycles. The van der Waals surface area contributed by atoms with Crippen LogP contribution in [0.1, 0.15) is 55.1 Å². The Morgan fingerprint density at radius 3 is 3.00 bits per heavy atom. The molecule has 1 aromatic rings. The van der Waals surface area contributed by atoms with Gasteiger partial charge in [-0.05, 0) is 39.0 Å². The molecule has 1 aromatic heterocycles. The summed E-state index contributed by atoms with van der Waals surface area (Å²) in [6.45, 7) is 7.35. The van der Waals surface area contributed by atoms with Crippen molar-refractivity contribution in [2.75, 3.05) is 12.3 Å². The van der Waals surface area contributed by atoms with Crippen LogP contribution in [0.4, 0.5) is 0 Å². The summed E-state index contributed by atoms with van der Waals surface area (Å²) in [5, 5.41) is 3.93. The quantitative estimate of drug-likeness (QED) is 0.892. The van der Waals surface area contributed by atoms with Crippen LogP contribution in [0, 0.1) is 6.92 Å². The van der Waals surface area contributed by atoms with E-state index in [0.717, 1.165) is 18.1 Å². The molecule has 0 spiro atoms. The van der Waals surface area contributed by atoms with Gasteiger partial charge in [0.25, 0.3) is 0 Å². The van der Waals surface area contributed by atoms with Crippen molar-refractivity contribution in [1.29, 1.82) is 0 Å². The molecule has 1 aliphatic heterocycles. The fraction of sp³-hybridized carbons (Fsp3) is 0.692. The van der Waals surface area contributed by atoms with E-state index in [4.69, 9.17) is 0 Å². The number of nitrogens with zero attached hydrogens (tertiary/aromatic N) is 2. The molecule has 0 amide bonds. The molecule has 2 rings (SSSR count). The lowest BCUT2D eigenvalue weighted by atomic mass is 10.1. The van der Waals surface area contributed by atoms with E-state index in [1.54, 1.807) is 0 Å². The normalized spacial score (nSPS) is 21.7. The second-order valence-electron chi connectivity index (χ2n) is 4.55. The maximum Gasteiger partial charge on any atom is 0.141 e. The van der Waals surface area contributed by atoms with E-state index in [0.29, 0.717) is 11.3 Å². The van der Waals surface area contributed by atoms with Gasteiger partial charge in [-0.25, -0.2) is 9.97 Å². The molecule has 1 N–H and O–H groups in total. The second-order valence-corrected chi connectivity index (χ2v) is 5.86. The van der Waals surface area contributed by atoms with Gasteiger partial charge in [-0.3, -0.25) is 0 Å². The van der Waals surface area contributed by atoms with E-state index in [9.17, 15) is 0 Å². The molecule has 2 unspecified atom stereocenters. The molecule has 4 heteroatoms. The van der Waals surface area contributed by atoms with Crippen molar-refractivity contribution in [1.82, 2.24) is 15.3 Å². The number of aryl methyl sites for hydroxylation is 1. The summed E-state index contributed by atoms with van der Waals surface area (Å²) in [5.41, 5.74) is 2.34. The minimum absolute atomic E-state index is 0.338. The molecular formula is C13H21N3S. The van der Waals surface area contributed by atoms with Crippen molar-refractivity contribution >= 4 is 11.8 Å². The van der Waals surface area contributed by atoms with E-state index < -0.39 is 0 Å². The predicted molar refractivity (Wildman–Crippen MR) is 73.3 cm³/mol. The van der Waals surface area contributed by atoms with Crippen LogP contribution in [0.15, 0.2) is 6.20 Å². The highest BCUT2D eigenvalue weighted by Crippen LogP contribution is 2.38. The zero-order chi connectivity index (χ0) is 12.3. The van der Waals surface area contributed by atoms with Crippen molar-refractivity contribution in [3.8, 4) is 0 Å². The summed E-state index contributed by atoms with van der Waals surface area (Å²) in [6.07, 6.45) is 4.53. The molecule has 3 nitrogen and oxygen atoms in total. The fourth-order valence-electron chi connectivity index (χ4n) is 2.27. The third-order valence-corrected chi connectivity index (χ3v) is 4.60. The minimum Gasteiger partial charge on any atom is -0.310 e. The number of rotatable bonds is 4. The molecule has 0 saturated carbocycles. The zero-order valence-corrected chi connectivity index (χ0v) is 11.7. The summed E-state index contributed by atoms with van der Waals surface area (Å²) in [5.74, 6) is 2.28. The predicted octanol–water partition coefficient (Wildman–Crippen LogP) is 3.02.